The summed E-state index contributed by atoms with van der Waals surface area (Å²) in [5, 5.41) is 48.5. The second-order valence-corrected chi connectivity index (χ2v) is 31.9. The molecule has 12 aliphatic heterocycles. The molecule has 39 heteroatoms. The highest BCUT2D eigenvalue weighted by Gasteiger charge is 2.46. The highest BCUT2D eigenvalue weighted by molar-refractivity contribution is 14.0. The van der Waals surface area contributed by atoms with E-state index in [4.69, 9.17) is 71.5 Å². The lowest BCUT2D eigenvalue weighted by Gasteiger charge is -2.50. The van der Waals surface area contributed by atoms with Crippen LogP contribution in [0.2, 0.25) is 0 Å². The molecule has 22 N–H and O–H groups in total. The Morgan fingerprint density at radius 2 is 0.521 bits per heavy atom. The van der Waals surface area contributed by atoms with Gasteiger partial charge in [0.1, 0.15) is 23.0 Å². The standard InChI is InChI=1S/4C20H24N2O2.2HI.3H2O4S.6H2O/c4*1-3-13-12-22-9-7-14(13)10-19(22)20(23)16-6-8-21-18-5-4-15(24-2)11-17(16)18;;;3*1-5(2,3)4;;;;;;/h4*3-6,8,11,13-14,19-20,23H,1,7,9-10,12H2,2H3;2*1H;3*(H2,1,2,3,4);6*1H2/t4*13-,14-,19-,20+;;;;;;;;;;;/m0000.........../s1. The molecule has 12 fully saturated rings. The van der Waals surface area contributed by atoms with Gasteiger partial charge in [0.15, 0.2) is 0 Å². The van der Waals surface area contributed by atoms with Crippen molar-refractivity contribution in [3.8, 4) is 23.0 Å². The number of hydrogen-bond acceptors (Lipinski definition) is 22. The number of aromatic nitrogens is 4. The number of ether oxygens (including phenoxy) is 4. The smallest absolute Gasteiger partial charge is 0.394 e. The number of nitrogens with zero attached hydrogens (tertiary/aromatic N) is 8. The number of piperidine rings is 12. The van der Waals surface area contributed by atoms with E-state index >= 15 is 0 Å². The van der Waals surface area contributed by atoms with Crippen LogP contribution in [0, 0.1) is 47.3 Å². The highest BCUT2D eigenvalue weighted by Crippen LogP contribution is 2.47. The van der Waals surface area contributed by atoms with E-state index in [1.54, 1.807) is 53.2 Å². The summed E-state index contributed by atoms with van der Waals surface area (Å²) in [6.45, 7) is 24.3. The van der Waals surface area contributed by atoms with Crippen molar-refractivity contribution in [3.05, 3.63) is 195 Å². The molecule has 16 heterocycles. The van der Waals surface area contributed by atoms with E-state index in [1.165, 1.54) is 25.7 Å². The van der Waals surface area contributed by atoms with Crippen LogP contribution < -0.4 is 18.9 Å². The predicted molar refractivity (Wildman–Crippen MR) is 475 cm³/mol. The lowest BCUT2D eigenvalue weighted by molar-refractivity contribution is -0.0445. The number of pyridine rings is 4. The van der Waals surface area contributed by atoms with E-state index in [0.717, 1.165) is 167 Å². The van der Waals surface area contributed by atoms with Crippen molar-refractivity contribution < 1.29 is 125 Å². The van der Waals surface area contributed by atoms with Gasteiger partial charge in [-0.05, 0) is 244 Å². The molecule has 664 valence electrons. The van der Waals surface area contributed by atoms with Gasteiger partial charge in [-0.25, -0.2) is 0 Å². The number of aliphatic hydroxyl groups is 4. The first-order valence-corrected chi connectivity index (χ1v) is 41.0. The summed E-state index contributed by atoms with van der Waals surface area (Å²) < 4.78 is 116. The van der Waals surface area contributed by atoms with Crippen LogP contribution >= 0.6 is 48.0 Å². The number of methoxy groups -OCH3 is 4. The average molecular weight is 1960 g/mol. The van der Waals surface area contributed by atoms with Gasteiger partial charge in [0.25, 0.3) is 0 Å². The first-order chi connectivity index (χ1) is 52.8. The van der Waals surface area contributed by atoms with Gasteiger partial charge in [0, 0.05) is 96.7 Å². The van der Waals surface area contributed by atoms with Crippen LogP contribution in [0.3, 0.4) is 0 Å². The Morgan fingerprint density at radius 1 is 0.345 bits per heavy atom. The minimum absolute atomic E-state index is 0. The quantitative estimate of drug-likeness (QED) is 0.0264. The van der Waals surface area contributed by atoms with Crippen molar-refractivity contribution in [2.45, 2.75) is 99.9 Å². The van der Waals surface area contributed by atoms with E-state index < -0.39 is 55.6 Å². The summed E-state index contributed by atoms with van der Waals surface area (Å²) in [6, 6.07) is 31.8. The van der Waals surface area contributed by atoms with Crippen LogP contribution in [-0.4, -0.2) is 250 Å². The first kappa shape index (κ1) is 108. The molecule has 4 unspecified atom stereocenters. The van der Waals surface area contributed by atoms with Crippen LogP contribution in [0.25, 0.3) is 43.6 Å². The van der Waals surface area contributed by atoms with Crippen molar-refractivity contribution in [2.24, 2.45) is 47.3 Å². The zero-order valence-electron chi connectivity index (χ0n) is 66.4. The molecule has 0 aliphatic carbocycles. The average Bonchev–Trinajstić information content (AvgIpc) is 0.780. The summed E-state index contributed by atoms with van der Waals surface area (Å²) in [6.07, 6.45) is 22.5. The molecule has 4 aromatic carbocycles. The van der Waals surface area contributed by atoms with Crippen LogP contribution in [-0.2, 0) is 31.2 Å². The van der Waals surface area contributed by atoms with Crippen LogP contribution in [0.1, 0.15) is 98.0 Å². The number of benzene rings is 4. The molecular weight excluding hydrogens is 1840 g/mol. The molecule has 0 amide bonds. The van der Waals surface area contributed by atoms with Gasteiger partial charge in [-0.1, -0.05) is 24.3 Å². The molecular formula is C80H116I2N8O26S3. The molecule has 12 saturated heterocycles. The lowest BCUT2D eigenvalue weighted by Crippen LogP contribution is -2.54. The Morgan fingerprint density at radius 3 is 0.664 bits per heavy atom. The third kappa shape index (κ3) is 28.1. The zero-order chi connectivity index (χ0) is 80.2. The summed E-state index contributed by atoms with van der Waals surface area (Å²) in [5.74, 6) is 8.03. The minimum atomic E-state index is -4.67. The second kappa shape index (κ2) is 48.3. The molecule has 0 radical (unpaired) electrons. The maximum Gasteiger partial charge on any atom is 0.394 e. The van der Waals surface area contributed by atoms with E-state index in [2.05, 4.69) is 90.2 Å². The monoisotopic (exact) mass is 1950 g/mol. The zero-order valence-corrected chi connectivity index (χ0v) is 73.5. The van der Waals surface area contributed by atoms with Gasteiger partial charge in [-0.2, -0.15) is 25.3 Å². The summed E-state index contributed by atoms with van der Waals surface area (Å²) in [7, 11) is -7.35. The second-order valence-electron chi connectivity index (χ2n) is 29.2. The SMILES string of the molecule is C=C[C@H]1CN2CC[C@H]1C[C@H]2[C@H](O)c1ccnc2ccc(OC)cc12.C=C[C@H]1CN2CC[C@H]1C[C@H]2[C@H](O)c1ccnc2ccc(OC)cc12.C=C[C@H]1CN2CC[C@H]1C[C@H]2[C@H](O)c1ccnc2ccc(OC)cc12.C=C[C@H]1CN2CC[C@H]1C[C@H]2[C@H](O)c1ccnc2ccc(OC)cc12.I.I.O.O.O.O.O.O.O=S(=O)(O)O.O=S(=O)(O)O.O=S(=O)(O)O. The fraction of sp³-hybridized carbons (Fsp3) is 0.450. The Balaban J connectivity index is 0.000000497. The lowest BCUT2D eigenvalue weighted by atomic mass is 9.73. The van der Waals surface area contributed by atoms with Gasteiger partial charge in [0.2, 0.25) is 0 Å². The molecule has 0 saturated carbocycles. The highest BCUT2D eigenvalue weighted by atomic mass is 127. The number of hydrogen-bond donors (Lipinski definition) is 10. The van der Waals surface area contributed by atoms with E-state index in [0.29, 0.717) is 47.3 Å². The fourth-order valence-electron chi connectivity index (χ4n) is 17.8. The van der Waals surface area contributed by atoms with Crippen molar-refractivity contribution in [1.82, 2.24) is 39.5 Å². The summed E-state index contributed by atoms with van der Waals surface area (Å²) >= 11 is 0. The predicted octanol–water partition coefficient (Wildman–Crippen LogP) is 7.02. The Kier molecular flexibility index (Phi) is 43.9. The number of aliphatic hydroxyl groups excluding tert-OH is 4. The number of fused-ring (bicyclic) bond motifs is 16. The number of halogens is 2. The third-order valence-corrected chi connectivity index (χ3v) is 23.3. The fourth-order valence-corrected chi connectivity index (χ4v) is 17.8. The van der Waals surface area contributed by atoms with E-state index in [9.17, 15) is 20.4 Å². The first-order valence-electron chi connectivity index (χ1n) is 36.8. The third-order valence-electron chi connectivity index (χ3n) is 23.3. The van der Waals surface area contributed by atoms with Crippen molar-refractivity contribution in [2.75, 3.05) is 80.8 Å². The van der Waals surface area contributed by atoms with E-state index in [1.807, 2.05) is 97.1 Å². The van der Waals surface area contributed by atoms with Crippen molar-refractivity contribution in [1.29, 1.82) is 0 Å². The van der Waals surface area contributed by atoms with Gasteiger partial charge in [0.05, 0.1) is 74.9 Å². The Bertz CT molecular complexity index is 4330. The molecule has 8 bridgehead atoms. The van der Waals surface area contributed by atoms with Crippen molar-refractivity contribution in [3.63, 3.8) is 0 Å². The maximum absolute atomic E-state index is 11.2. The number of rotatable bonds is 16. The molecule has 34 nitrogen and oxygen atoms in total. The van der Waals surface area contributed by atoms with Gasteiger partial charge in [-0.15, -0.1) is 74.3 Å². The Hall–Kier alpha value is -6.81. The maximum atomic E-state index is 11.2. The van der Waals surface area contributed by atoms with E-state index in [-0.39, 0.29) is 105 Å². The molecule has 0 spiro atoms. The molecule has 12 aliphatic rings. The van der Waals surface area contributed by atoms with Gasteiger partial charge in [-0.3, -0.25) is 66.9 Å². The normalized spacial score (nSPS) is 25.9. The minimum Gasteiger partial charge on any atom is -0.497 e. The molecule has 8 aromatic rings. The van der Waals surface area contributed by atoms with Crippen LogP contribution in [0.5, 0.6) is 23.0 Å². The van der Waals surface area contributed by atoms with Crippen LogP contribution in [0.15, 0.2) is 172 Å². The van der Waals surface area contributed by atoms with Gasteiger partial charge >= 0.3 is 31.2 Å². The summed E-state index contributed by atoms with van der Waals surface area (Å²) in [4.78, 5) is 27.4. The molecule has 119 heavy (non-hydrogen) atoms. The molecule has 20 rings (SSSR count). The largest absolute Gasteiger partial charge is 0.497 e. The summed E-state index contributed by atoms with van der Waals surface area (Å²) in [5.41, 5.74) is 7.38. The van der Waals surface area contributed by atoms with Crippen LogP contribution in [0.4, 0.5) is 0 Å². The molecule has 4 aromatic heterocycles. The van der Waals surface area contributed by atoms with Gasteiger partial charge < -0.3 is 72.2 Å². The molecule has 20 atom stereocenters. The Labute approximate surface area is 727 Å². The topological polar surface area (TPSA) is 595 Å². The van der Waals surface area contributed by atoms with Crippen molar-refractivity contribution >= 4 is 123 Å².